The molecule has 3 amide bonds. The second-order valence-corrected chi connectivity index (χ2v) is 7.03. The van der Waals surface area contributed by atoms with Gasteiger partial charge in [0.25, 0.3) is 0 Å². The van der Waals surface area contributed by atoms with E-state index in [0.29, 0.717) is 13.1 Å². The summed E-state index contributed by atoms with van der Waals surface area (Å²) in [6.45, 7) is 6.80. The SMILES string of the molecule is CC(C)N(CCC(=O)O)C(=O)C1CCCN(C(=O)N2CCCC2)C1. The van der Waals surface area contributed by atoms with Crippen LogP contribution in [0.25, 0.3) is 0 Å². The number of nitrogens with zero attached hydrogens (tertiary/aromatic N) is 3. The molecule has 1 unspecified atom stereocenters. The monoisotopic (exact) mass is 339 g/mol. The lowest BCUT2D eigenvalue weighted by molar-refractivity contribution is -0.141. The maximum atomic E-state index is 12.8. The molecule has 7 nitrogen and oxygen atoms in total. The van der Waals surface area contributed by atoms with Gasteiger partial charge in [-0.25, -0.2) is 4.79 Å². The van der Waals surface area contributed by atoms with Gasteiger partial charge in [0.15, 0.2) is 0 Å². The number of rotatable bonds is 5. The number of carboxylic acids is 1. The number of likely N-dealkylation sites (tertiary alicyclic amines) is 2. The molecule has 0 saturated carbocycles. The van der Waals surface area contributed by atoms with Crippen molar-refractivity contribution in [1.82, 2.24) is 14.7 Å². The molecule has 2 rings (SSSR count). The van der Waals surface area contributed by atoms with E-state index < -0.39 is 5.97 Å². The average Bonchev–Trinajstić information content (AvgIpc) is 3.08. The van der Waals surface area contributed by atoms with Crippen LogP contribution < -0.4 is 0 Å². The van der Waals surface area contributed by atoms with Crippen LogP contribution in [-0.2, 0) is 9.59 Å². The van der Waals surface area contributed by atoms with Crippen molar-refractivity contribution in [1.29, 1.82) is 0 Å². The molecule has 2 heterocycles. The third-order valence-electron chi connectivity index (χ3n) is 4.89. The average molecular weight is 339 g/mol. The highest BCUT2D eigenvalue weighted by atomic mass is 16.4. The van der Waals surface area contributed by atoms with Crippen LogP contribution in [0.4, 0.5) is 4.79 Å². The lowest BCUT2D eigenvalue weighted by Crippen LogP contribution is -2.51. The predicted octanol–water partition coefficient (Wildman–Crippen LogP) is 1.63. The molecule has 0 aromatic heterocycles. The number of piperidine rings is 1. The first-order valence-corrected chi connectivity index (χ1v) is 8.96. The fraction of sp³-hybridized carbons (Fsp3) is 0.824. The Hall–Kier alpha value is -1.79. The second-order valence-electron chi connectivity index (χ2n) is 7.03. The van der Waals surface area contributed by atoms with Crippen LogP contribution in [0, 0.1) is 5.92 Å². The molecule has 2 saturated heterocycles. The Morgan fingerprint density at radius 2 is 1.71 bits per heavy atom. The maximum absolute atomic E-state index is 12.8. The molecule has 24 heavy (non-hydrogen) atoms. The molecular formula is C17H29N3O4. The molecule has 0 radical (unpaired) electrons. The second kappa shape index (κ2) is 8.35. The standard InChI is InChI=1S/C17H29N3O4/c1-13(2)20(11-7-15(21)22)16(23)14-6-5-10-19(12-14)17(24)18-8-3-4-9-18/h13-14H,3-12H2,1-2H3,(H,21,22). The van der Waals surface area contributed by atoms with E-state index in [4.69, 9.17) is 5.11 Å². The van der Waals surface area contributed by atoms with Crippen LogP contribution in [0.15, 0.2) is 0 Å². The highest BCUT2D eigenvalue weighted by molar-refractivity contribution is 5.81. The van der Waals surface area contributed by atoms with E-state index in [9.17, 15) is 14.4 Å². The van der Waals surface area contributed by atoms with Gasteiger partial charge in [-0.3, -0.25) is 9.59 Å². The predicted molar refractivity (Wildman–Crippen MR) is 89.6 cm³/mol. The summed E-state index contributed by atoms with van der Waals surface area (Å²) < 4.78 is 0. The van der Waals surface area contributed by atoms with Crippen molar-refractivity contribution in [2.75, 3.05) is 32.7 Å². The van der Waals surface area contributed by atoms with Crippen molar-refractivity contribution >= 4 is 17.9 Å². The van der Waals surface area contributed by atoms with Crippen molar-refractivity contribution in [3.8, 4) is 0 Å². The van der Waals surface area contributed by atoms with Crippen LogP contribution in [0.1, 0.15) is 46.0 Å². The smallest absolute Gasteiger partial charge is 0.320 e. The molecule has 0 aliphatic carbocycles. The van der Waals surface area contributed by atoms with E-state index in [1.165, 1.54) is 0 Å². The van der Waals surface area contributed by atoms with E-state index in [-0.39, 0.29) is 36.9 Å². The van der Waals surface area contributed by atoms with Gasteiger partial charge in [-0.15, -0.1) is 0 Å². The maximum Gasteiger partial charge on any atom is 0.320 e. The minimum atomic E-state index is -0.900. The van der Waals surface area contributed by atoms with Crippen molar-refractivity contribution in [3.05, 3.63) is 0 Å². The van der Waals surface area contributed by atoms with E-state index in [1.807, 2.05) is 18.7 Å². The quantitative estimate of drug-likeness (QED) is 0.825. The summed E-state index contributed by atoms with van der Waals surface area (Å²) in [4.78, 5) is 41.5. The van der Waals surface area contributed by atoms with Crippen molar-refractivity contribution in [2.24, 2.45) is 5.92 Å². The molecule has 0 aromatic carbocycles. The molecule has 2 fully saturated rings. The Morgan fingerprint density at radius 3 is 2.29 bits per heavy atom. The number of carboxylic acid groups (broad SMARTS) is 1. The summed E-state index contributed by atoms with van der Waals surface area (Å²) in [5.74, 6) is -1.14. The fourth-order valence-corrected chi connectivity index (χ4v) is 3.53. The van der Waals surface area contributed by atoms with Crippen LogP contribution >= 0.6 is 0 Å². The summed E-state index contributed by atoms with van der Waals surface area (Å²) in [6.07, 6.45) is 3.64. The number of hydrogen-bond acceptors (Lipinski definition) is 3. The number of carbonyl (C=O) groups is 3. The Bertz CT molecular complexity index is 474. The van der Waals surface area contributed by atoms with Crippen molar-refractivity contribution in [2.45, 2.75) is 52.0 Å². The molecule has 0 spiro atoms. The Labute approximate surface area is 143 Å². The molecule has 0 aromatic rings. The molecule has 136 valence electrons. The summed E-state index contributed by atoms with van der Waals surface area (Å²) in [6, 6.07) is 0.00754. The van der Waals surface area contributed by atoms with E-state index in [2.05, 4.69) is 0 Å². The minimum absolute atomic E-state index is 0.0230. The molecular weight excluding hydrogens is 310 g/mol. The zero-order valence-electron chi connectivity index (χ0n) is 14.7. The Morgan fingerprint density at radius 1 is 1.08 bits per heavy atom. The van der Waals surface area contributed by atoms with Crippen LogP contribution in [-0.4, -0.2) is 76.5 Å². The van der Waals surface area contributed by atoms with Gasteiger partial charge in [-0.2, -0.15) is 0 Å². The summed E-state index contributed by atoms with van der Waals surface area (Å²) >= 11 is 0. The van der Waals surface area contributed by atoms with Crippen molar-refractivity contribution in [3.63, 3.8) is 0 Å². The molecule has 0 bridgehead atoms. The number of aliphatic carboxylic acids is 1. The molecule has 2 aliphatic rings. The number of amides is 3. The van der Waals surface area contributed by atoms with Gasteiger partial charge >= 0.3 is 12.0 Å². The third-order valence-corrected chi connectivity index (χ3v) is 4.89. The summed E-state index contributed by atoms with van der Waals surface area (Å²) in [5, 5.41) is 8.88. The van der Waals surface area contributed by atoms with Crippen molar-refractivity contribution < 1.29 is 19.5 Å². The Balaban J connectivity index is 1.97. The number of hydrogen-bond donors (Lipinski definition) is 1. The van der Waals surface area contributed by atoms with Crippen LogP contribution in [0.5, 0.6) is 0 Å². The number of carbonyl (C=O) groups excluding carboxylic acids is 2. The van der Waals surface area contributed by atoms with Gasteiger partial charge in [0.05, 0.1) is 12.3 Å². The lowest BCUT2D eigenvalue weighted by Gasteiger charge is -2.37. The zero-order valence-corrected chi connectivity index (χ0v) is 14.7. The minimum Gasteiger partial charge on any atom is -0.481 e. The van der Waals surface area contributed by atoms with Gasteiger partial charge in [-0.1, -0.05) is 0 Å². The summed E-state index contributed by atoms with van der Waals surface area (Å²) in [7, 11) is 0. The highest BCUT2D eigenvalue weighted by Gasteiger charge is 2.34. The normalized spacial score (nSPS) is 21.2. The fourth-order valence-electron chi connectivity index (χ4n) is 3.53. The highest BCUT2D eigenvalue weighted by Crippen LogP contribution is 2.22. The van der Waals surface area contributed by atoms with Gasteiger partial charge in [0.1, 0.15) is 0 Å². The molecule has 1 N–H and O–H groups in total. The van der Waals surface area contributed by atoms with E-state index >= 15 is 0 Å². The lowest BCUT2D eigenvalue weighted by atomic mass is 9.96. The largest absolute Gasteiger partial charge is 0.481 e. The zero-order chi connectivity index (χ0) is 17.7. The first-order valence-electron chi connectivity index (χ1n) is 8.96. The number of urea groups is 1. The molecule has 7 heteroatoms. The first-order chi connectivity index (χ1) is 11.4. The third kappa shape index (κ3) is 4.61. The molecule has 1 atom stereocenters. The van der Waals surface area contributed by atoms with Crippen LogP contribution in [0.2, 0.25) is 0 Å². The van der Waals surface area contributed by atoms with E-state index in [0.717, 1.165) is 38.8 Å². The topological polar surface area (TPSA) is 81.2 Å². The van der Waals surface area contributed by atoms with Gasteiger partial charge in [-0.05, 0) is 39.5 Å². The van der Waals surface area contributed by atoms with E-state index in [1.54, 1.807) is 9.80 Å². The first kappa shape index (κ1) is 18.5. The van der Waals surface area contributed by atoms with Gasteiger partial charge in [0.2, 0.25) is 5.91 Å². The Kier molecular flexibility index (Phi) is 6.45. The summed E-state index contributed by atoms with van der Waals surface area (Å²) in [5.41, 5.74) is 0. The van der Waals surface area contributed by atoms with Gasteiger partial charge in [0, 0.05) is 38.8 Å². The van der Waals surface area contributed by atoms with Crippen LogP contribution in [0.3, 0.4) is 0 Å². The van der Waals surface area contributed by atoms with Gasteiger partial charge < -0.3 is 19.8 Å². The molecule has 2 aliphatic heterocycles.